The first kappa shape index (κ1) is 16.7. The molecular formula is C18H20N2O3S. The van der Waals surface area contributed by atoms with E-state index in [1.807, 2.05) is 49.5 Å². The summed E-state index contributed by atoms with van der Waals surface area (Å²) in [5.41, 5.74) is 0.861. The maximum atomic E-state index is 10.2. The van der Waals surface area contributed by atoms with Gasteiger partial charge in [-0.2, -0.15) is 0 Å². The molecule has 2 N–H and O–H groups in total. The number of thiazole rings is 1. The molecule has 2 heterocycles. The summed E-state index contributed by atoms with van der Waals surface area (Å²) in [6.07, 6.45) is 1.28. The number of nitrogens with zero attached hydrogens (tertiary/aromatic N) is 1. The van der Waals surface area contributed by atoms with Gasteiger partial charge in [-0.15, -0.1) is 11.3 Å². The normalized spacial score (nSPS) is 12.3. The molecule has 0 saturated carbocycles. The van der Waals surface area contributed by atoms with Crippen molar-refractivity contribution in [1.82, 2.24) is 10.3 Å². The van der Waals surface area contributed by atoms with Crippen molar-refractivity contribution in [3.05, 3.63) is 58.8 Å². The van der Waals surface area contributed by atoms with E-state index < -0.39 is 6.10 Å². The molecule has 0 aliphatic carbocycles. The number of nitrogens with one attached hydrogen (secondary N) is 1. The SMILES string of the molecule is COc1ccc(C(O)CNCc2cnc(-c3ccc(C)o3)s2)cc1. The molecule has 6 heteroatoms. The first-order chi connectivity index (χ1) is 11.7. The number of aliphatic hydroxyl groups is 1. The minimum absolute atomic E-state index is 0.472. The molecule has 126 valence electrons. The Morgan fingerprint density at radius 1 is 1.25 bits per heavy atom. The van der Waals surface area contributed by atoms with Crippen LogP contribution in [0.2, 0.25) is 0 Å². The van der Waals surface area contributed by atoms with Gasteiger partial charge in [0, 0.05) is 24.2 Å². The van der Waals surface area contributed by atoms with E-state index in [0.717, 1.165) is 32.7 Å². The van der Waals surface area contributed by atoms with Gasteiger partial charge in [-0.25, -0.2) is 4.98 Å². The molecule has 3 aromatic rings. The van der Waals surface area contributed by atoms with E-state index in [1.54, 1.807) is 18.4 Å². The average molecular weight is 344 g/mol. The molecule has 0 aliphatic rings. The molecule has 3 rings (SSSR count). The maximum Gasteiger partial charge on any atom is 0.162 e. The first-order valence-corrected chi connectivity index (χ1v) is 8.51. The molecule has 1 aromatic carbocycles. The molecule has 0 aliphatic heterocycles. The van der Waals surface area contributed by atoms with Crippen molar-refractivity contribution in [2.24, 2.45) is 0 Å². The minimum atomic E-state index is -0.559. The van der Waals surface area contributed by atoms with Gasteiger partial charge in [-0.3, -0.25) is 0 Å². The molecule has 0 fully saturated rings. The topological polar surface area (TPSA) is 67.5 Å². The van der Waals surface area contributed by atoms with Crippen molar-refractivity contribution in [3.63, 3.8) is 0 Å². The minimum Gasteiger partial charge on any atom is -0.497 e. The number of hydrogen-bond acceptors (Lipinski definition) is 6. The van der Waals surface area contributed by atoms with Crippen LogP contribution in [-0.4, -0.2) is 23.7 Å². The Morgan fingerprint density at radius 2 is 2.04 bits per heavy atom. The molecule has 1 unspecified atom stereocenters. The second-order valence-corrected chi connectivity index (χ2v) is 6.58. The van der Waals surface area contributed by atoms with Crippen molar-refractivity contribution < 1.29 is 14.3 Å². The van der Waals surface area contributed by atoms with Crippen molar-refractivity contribution in [1.29, 1.82) is 0 Å². The fourth-order valence-corrected chi connectivity index (χ4v) is 3.17. The predicted molar refractivity (Wildman–Crippen MR) is 94.2 cm³/mol. The lowest BCUT2D eigenvalue weighted by atomic mass is 10.1. The maximum absolute atomic E-state index is 10.2. The molecule has 5 nitrogen and oxygen atoms in total. The Labute approximate surface area is 144 Å². The summed E-state index contributed by atoms with van der Waals surface area (Å²) in [6.45, 7) is 3.05. The van der Waals surface area contributed by atoms with Gasteiger partial charge in [0.05, 0.1) is 13.2 Å². The van der Waals surface area contributed by atoms with Crippen molar-refractivity contribution >= 4 is 11.3 Å². The zero-order valence-corrected chi connectivity index (χ0v) is 14.5. The molecule has 24 heavy (non-hydrogen) atoms. The van der Waals surface area contributed by atoms with E-state index in [1.165, 1.54) is 0 Å². The van der Waals surface area contributed by atoms with Crippen LogP contribution in [0.25, 0.3) is 10.8 Å². The number of hydrogen-bond donors (Lipinski definition) is 2. The van der Waals surface area contributed by atoms with E-state index in [0.29, 0.717) is 13.1 Å². The summed E-state index contributed by atoms with van der Waals surface area (Å²) < 4.78 is 10.7. The van der Waals surface area contributed by atoms with Crippen LogP contribution in [0.4, 0.5) is 0 Å². The Kier molecular flexibility index (Phi) is 5.30. The third-order valence-corrected chi connectivity index (χ3v) is 4.65. The number of aromatic nitrogens is 1. The molecular weight excluding hydrogens is 324 g/mol. The lowest BCUT2D eigenvalue weighted by Crippen LogP contribution is -2.20. The third kappa shape index (κ3) is 4.03. The standard InChI is InChI=1S/C18H20N2O3S/c1-12-3-8-17(23-12)18-20-10-15(24-18)9-19-11-16(21)13-4-6-14(22-2)7-5-13/h3-8,10,16,19,21H,9,11H2,1-2H3. The first-order valence-electron chi connectivity index (χ1n) is 7.70. The number of aliphatic hydroxyl groups excluding tert-OH is 1. The second-order valence-electron chi connectivity index (χ2n) is 5.46. The summed E-state index contributed by atoms with van der Waals surface area (Å²) in [7, 11) is 1.63. The lowest BCUT2D eigenvalue weighted by Gasteiger charge is -2.12. The summed E-state index contributed by atoms with van der Waals surface area (Å²) in [5.74, 6) is 2.45. The fraction of sp³-hybridized carbons (Fsp3) is 0.278. The molecule has 0 spiro atoms. The Bertz CT molecular complexity index is 780. The summed E-state index contributed by atoms with van der Waals surface area (Å²) in [6, 6.07) is 11.3. The highest BCUT2D eigenvalue weighted by Gasteiger charge is 2.10. The van der Waals surface area contributed by atoms with E-state index in [2.05, 4.69) is 10.3 Å². The lowest BCUT2D eigenvalue weighted by molar-refractivity contribution is 0.174. The van der Waals surface area contributed by atoms with Gasteiger partial charge in [-0.05, 0) is 36.8 Å². The second kappa shape index (κ2) is 7.61. The Hall–Kier alpha value is -2.15. The predicted octanol–water partition coefficient (Wildman–Crippen LogP) is 3.54. The number of methoxy groups -OCH3 is 1. The molecule has 0 amide bonds. The van der Waals surface area contributed by atoms with Crippen LogP contribution in [0, 0.1) is 6.92 Å². The van der Waals surface area contributed by atoms with Gasteiger partial charge in [0.2, 0.25) is 0 Å². The zero-order valence-electron chi connectivity index (χ0n) is 13.7. The Balaban J connectivity index is 1.51. The molecule has 0 saturated heterocycles. The van der Waals surface area contributed by atoms with Crippen LogP contribution in [0.5, 0.6) is 5.75 Å². The molecule has 2 aromatic heterocycles. The van der Waals surface area contributed by atoms with Crippen molar-refractivity contribution in [2.45, 2.75) is 19.6 Å². The van der Waals surface area contributed by atoms with Gasteiger partial charge in [0.15, 0.2) is 10.8 Å². The van der Waals surface area contributed by atoms with Crippen LogP contribution < -0.4 is 10.1 Å². The largest absolute Gasteiger partial charge is 0.497 e. The number of ether oxygens (including phenoxy) is 1. The average Bonchev–Trinajstić information content (AvgIpc) is 3.24. The summed E-state index contributed by atoms with van der Waals surface area (Å²) in [4.78, 5) is 5.48. The summed E-state index contributed by atoms with van der Waals surface area (Å²) in [5, 5.41) is 14.3. The van der Waals surface area contributed by atoms with Crippen molar-refractivity contribution in [2.75, 3.05) is 13.7 Å². The third-order valence-electron chi connectivity index (χ3n) is 3.64. The van der Waals surface area contributed by atoms with Crippen LogP contribution in [-0.2, 0) is 6.54 Å². The van der Waals surface area contributed by atoms with Gasteiger partial charge < -0.3 is 19.6 Å². The van der Waals surface area contributed by atoms with Gasteiger partial charge in [-0.1, -0.05) is 12.1 Å². The van der Waals surface area contributed by atoms with E-state index in [9.17, 15) is 5.11 Å². The summed E-state index contributed by atoms with van der Waals surface area (Å²) >= 11 is 1.59. The van der Waals surface area contributed by atoms with Crippen LogP contribution in [0.15, 0.2) is 47.0 Å². The van der Waals surface area contributed by atoms with Crippen LogP contribution >= 0.6 is 11.3 Å². The molecule has 0 radical (unpaired) electrons. The quantitative estimate of drug-likeness (QED) is 0.686. The number of rotatable bonds is 7. The van der Waals surface area contributed by atoms with Crippen molar-refractivity contribution in [3.8, 4) is 16.5 Å². The monoisotopic (exact) mass is 344 g/mol. The smallest absolute Gasteiger partial charge is 0.162 e. The number of benzene rings is 1. The van der Waals surface area contributed by atoms with Gasteiger partial charge in [0.25, 0.3) is 0 Å². The molecule has 1 atom stereocenters. The number of aryl methyl sites for hydroxylation is 1. The molecule has 0 bridgehead atoms. The highest BCUT2D eigenvalue weighted by atomic mass is 32.1. The highest BCUT2D eigenvalue weighted by Crippen LogP contribution is 2.26. The van der Waals surface area contributed by atoms with Gasteiger partial charge >= 0.3 is 0 Å². The van der Waals surface area contributed by atoms with Crippen LogP contribution in [0.1, 0.15) is 22.3 Å². The van der Waals surface area contributed by atoms with E-state index in [4.69, 9.17) is 9.15 Å². The number of furan rings is 1. The zero-order chi connectivity index (χ0) is 16.9. The Morgan fingerprint density at radius 3 is 2.71 bits per heavy atom. The van der Waals surface area contributed by atoms with E-state index >= 15 is 0 Å². The van der Waals surface area contributed by atoms with Gasteiger partial charge in [0.1, 0.15) is 11.5 Å². The fourth-order valence-electron chi connectivity index (χ4n) is 2.33. The van der Waals surface area contributed by atoms with E-state index in [-0.39, 0.29) is 0 Å². The van der Waals surface area contributed by atoms with Crippen LogP contribution in [0.3, 0.4) is 0 Å². The highest BCUT2D eigenvalue weighted by molar-refractivity contribution is 7.14.